The van der Waals surface area contributed by atoms with Crippen LogP contribution in [0.2, 0.25) is 0 Å². The first-order chi connectivity index (χ1) is 6.90. The Balaban J connectivity index is 0.000000853. The second kappa shape index (κ2) is 3.52. The monoisotopic (exact) mass is 216 g/mol. The van der Waals surface area contributed by atoms with Crippen LogP contribution in [0.5, 0.6) is 0 Å². The van der Waals surface area contributed by atoms with Crippen molar-refractivity contribution in [3.8, 4) is 0 Å². The van der Waals surface area contributed by atoms with Gasteiger partial charge in [0.15, 0.2) is 4.98 Å². The third kappa shape index (κ3) is 1.28. The smallest absolute Gasteiger partial charge is 0.392 e. The van der Waals surface area contributed by atoms with Crippen LogP contribution in [0.25, 0.3) is 15.7 Å². The standard InChI is InChI=1S/C12H9N2.ClH/c13-14-11-7-6-9-5-4-8-2-1-3-10(11)12(8)9;/h1-3,6-7H,4-5H2;1H/q+1;/p-1. The Labute approximate surface area is 94.0 Å². The Morgan fingerprint density at radius 1 is 1.00 bits per heavy atom. The summed E-state index contributed by atoms with van der Waals surface area (Å²) in [5.41, 5.74) is 3.43. The lowest BCUT2D eigenvalue weighted by molar-refractivity contribution is -0.00000292. The Kier molecular flexibility index (Phi) is 2.34. The molecule has 0 heterocycles. The molecule has 0 radical (unpaired) electrons. The summed E-state index contributed by atoms with van der Waals surface area (Å²) in [6, 6.07) is 10.1. The minimum atomic E-state index is 0. The number of halogens is 1. The number of diazo groups is 1. The Bertz CT molecular complexity index is 559. The van der Waals surface area contributed by atoms with Crippen LogP contribution in [0.1, 0.15) is 11.1 Å². The second-order valence-electron chi connectivity index (χ2n) is 3.68. The molecule has 0 N–H and O–H groups in total. The van der Waals surface area contributed by atoms with Gasteiger partial charge in [-0.15, -0.1) is 0 Å². The summed E-state index contributed by atoms with van der Waals surface area (Å²) in [7, 11) is 0. The van der Waals surface area contributed by atoms with Gasteiger partial charge in [0.1, 0.15) is 0 Å². The summed E-state index contributed by atoms with van der Waals surface area (Å²) < 4.78 is 0. The molecule has 3 heteroatoms. The molecule has 0 saturated heterocycles. The lowest BCUT2D eigenvalue weighted by atomic mass is 10.0. The molecule has 0 saturated carbocycles. The highest BCUT2D eigenvalue weighted by atomic mass is 35.5. The van der Waals surface area contributed by atoms with Crippen LogP contribution in [0, 0.1) is 5.39 Å². The van der Waals surface area contributed by atoms with Crippen molar-refractivity contribution in [2.24, 2.45) is 0 Å². The van der Waals surface area contributed by atoms with Crippen molar-refractivity contribution in [1.29, 1.82) is 5.39 Å². The van der Waals surface area contributed by atoms with E-state index in [1.165, 1.54) is 16.5 Å². The van der Waals surface area contributed by atoms with E-state index >= 15 is 0 Å². The fraction of sp³-hybridized carbons (Fsp3) is 0.167. The molecule has 0 unspecified atom stereocenters. The Morgan fingerprint density at radius 3 is 2.47 bits per heavy atom. The van der Waals surface area contributed by atoms with E-state index in [-0.39, 0.29) is 12.4 Å². The predicted octanol–water partition coefficient (Wildman–Crippen LogP) is 0.427. The maximum absolute atomic E-state index is 8.86. The lowest BCUT2D eigenvalue weighted by Crippen LogP contribution is -3.00. The summed E-state index contributed by atoms with van der Waals surface area (Å²) in [6.07, 6.45) is 2.23. The molecule has 0 atom stereocenters. The van der Waals surface area contributed by atoms with Crippen molar-refractivity contribution in [1.82, 2.24) is 0 Å². The molecule has 0 aromatic heterocycles. The fourth-order valence-electron chi connectivity index (χ4n) is 2.32. The van der Waals surface area contributed by atoms with Crippen molar-refractivity contribution in [3.63, 3.8) is 0 Å². The van der Waals surface area contributed by atoms with E-state index in [0.29, 0.717) is 5.69 Å². The molecule has 2 aromatic rings. The quantitative estimate of drug-likeness (QED) is 0.587. The van der Waals surface area contributed by atoms with Gasteiger partial charge in [0, 0.05) is 6.07 Å². The molecule has 2 aromatic carbocycles. The van der Waals surface area contributed by atoms with Crippen LogP contribution in [-0.2, 0) is 12.8 Å². The van der Waals surface area contributed by atoms with Gasteiger partial charge in [-0.25, -0.2) is 0 Å². The second-order valence-corrected chi connectivity index (χ2v) is 3.68. The van der Waals surface area contributed by atoms with E-state index in [0.717, 1.165) is 18.2 Å². The van der Waals surface area contributed by atoms with Crippen molar-refractivity contribution in [3.05, 3.63) is 46.4 Å². The summed E-state index contributed by atoms with van der Waals surface area (Å²) in [4.78, 5) is 3.31. The third-order valence-corrected chi connectivity index (χ3v) is 2.96. The van der Waals surface area contributed by atoms with Gasteiger partial charge in [-0.1, -0.05) is 18.2 Å². The van der Waals surface area contributed by atoms with Crippen molar-refractivity contribution < 1.29 is 12.4 Å². The molecule has 0 aliphatic heterocycles. The summed E-state index contributed by atoms with van der Waals surface area (Å²) in [5, 5.41) is 11.2. The van der Waals surface area contributed by atoms with Crippen LogP contribution in [0.4, 0.5) is 5.69 Å². The van der Waals surface area contributed by atoms with E-state index in [9.17, 15) is 0 Å². The van der Waals surface area contributed by atoms with E-state index in [1.54, 1.807) is 0 Å². The van der Waals surface area contributed by atoms with Crippen LogP contribution >= 0.6 is 0 Å². The molecule has 0 fully saturated rings. The number of hydrogen-bond acceptors (Lipinski definition) is 1. The highest BCUT2D eigenvalue weighted by Gasteiger charge is 2.20. The minimum absolute atomic E-state index is 0. The zero-order chi connectivity index (χ0) is 9.54. The first kappa shape index (κ1) is 9.95. The zero-order valence-electron chi connectivity index (χ0n) is 8.07. The van der Waals surface area contributed by atoms with Crippen LogP contribution in [0.3, 0.4) is 0 Å². The van der Waals surface area contributed by atoms with Gasteiger partial charge in [0.2, 0.25) is 5.39 Å². The van der Waals surface area contributed by atoms with Gasteiger partial charge in [0.05, 0.1) is 5.39 Å². The number of rotatable bonds is 0. The third-order valence-electron chi connectivity index (χ3n) is 2.96. The largest absolute Gasteiger partial charge is 1.00 e. The highest BCUT2D eigenvalue weighted by Crippen LogP contribution is 2.35. The lowest BCUT2D eigenvalue weighted by Gasteiger charge is -1.97. The van der Waals surface area contributed by atoms with Gasteiger partial charge < -0.3 is 12.4 Å². The number of benzene rings is 2. The maximum atomic E-state index is 8.86. The molecule has 0 bridgehead atoms. The predicted molar refractivity (Wildman–Crippen MR) is 56.1 cm³/mol. The molecular formula is C12H9ClN2. The van der Waals surface area contributed by atoms with Crippen molar-refractivity contribution >= 4 is 16.5 Å². The van der Waals surface area contributed by atoms with Gasteiger partial charge in [-0.3, -0.25) is 0 Å². The summed E-state index contributed by atoms with van der Waals surface area (Å²) in [6.45, 7) is 0. The van der Waals surface area contributed by atoms with E-state index in [4.69, 9.17) is 5.39 Å². The molecule has 74 valence electrons. The molecule has 15 heavy (non-hydrogen) atoms. The highest BCUT2D eigenvalue weighted by molar-refractivity contribution is 5.99. The van der Waals surface area contributed by atoms with E-state index in [2.05, 4.69) is 17.1 Å². The normalized spacial score (nSPS) is 12.2. The van der Waals surface area contributed by atoms with Gasteiger partial charge in [-0.2, -0.15) is 0 Å². The first-order valence-electron chi connectivity index (χ1n) is 4.79. The Hall–Kier alpha value is -1.59. The summed E-state index contributed by atoms with van der Waals surface area (Å²) in [5.74, 6) is 0. The molecule has 0 spiro atoms. The van der Waals surface area contributed by atoms with Gasteiger partial charge in [-0.05, 0) is 35.4 Å². The molecule has 1 aliphatic carbocycles. The molecule has 3 rings (SSSR count). The molecule has 0 amide bonds. The van der Waals surface area contributed by atoms with Gasteiger partial charge >= 0.3 is 5.69 Å². The fourth-order valence-corrected chi connectivity index (χ4v) is 2.32. The van der Waals surface area contributed by atoms with E-state index < -0.39 is 0 Å². The minimum Gasteiger partial charge on any atom is -1.00 e. The molecule has 1 aliphatic rings. The van der Waals surface area contributed by atoms with Crippen molar-refractivity contribution in [2.45, 2.75) is 12.8 Å². The van der Waals surface area contributed by atoms with Crippen LogP contribution < -0.4 is 12.4 Å². The van der Waals surface area contributed by atoms with Crippen LogP contribution in [0.15, 0.2) is 30.3 Å². The topological polar surface area (TPSA) is 28.1 Å². The average molecular weight is 217 g/mol. The number of nitrogens with zero attached hydrogens (tertiary/aromatic N) is 2. The number of hydrogen-bond donors (Lipinski definition) is 0. The van der Waals surface area contributed by atoms with Gasteiger partial charge in [0.25, 0.3) is 0 Å². The van der Waals surface area contributed by atoms with Crippen molar-refractivity contribution in [2.75, 3.05) is 0 Å². The summed E-state index contributed by atoms with van der Waals surface area (Å²) >= 11 is 0. The van der Waals surface area contributed by atoms with E-state index in [1.807, 2.05) is 18.2 Å². The SMILES string of the molecule is N#[N+]c1ccc2c3c(cccc13)CC2.[Cl-]. The average Bonchev–Trinajstić information content (AvgIpc) is 2.65. The molecule has 2 nitrogen and oxygen atoms in total. The molecular weight excluding hydrogens is 208 g/mol. The maximum Gasteiger partial charge on any atom is 0.392 e. The zero-order valence-corrected chi connectivity index (χ0v) is 8.83. The Morgan fingerprint density at radius 2 is 1.73 bits per heavy atom. The number of aryl methyl sites for hydroxylation is 2. The van der Waals surface area contributed by atoms with Crippen LogP contribution in [-0.4, -0.2) is 0 Å². The first-order valence-corrected chi connectivity index (χ1v) is 4.79.